The summed E-state index contributed by atoms with van der Waals surface area (Å²) in [6.45, 7) is 5.76. The number of hydrogen-bond acceptors (Lipinski definition) is 6. The number of amides is 2. The highest BCUT2D eigenvalue weighted by Crippen LogP contribution is 2.36. The molecule has 1 aromatic carbocycles. The Hall–Kier alpha value is -2.48. The third-order valence-corrected chi connectivity index (χ3v) is 4.71. The van der Waals surface area contributed by atoms with Crippen molar-refractivity contribution in [2.75, 3.05) is 7.11 Å². The van der Waals surface area contributed by atoms with Crippen LogP contribution in [-0.2, 0) is 4.79 Å². The summed E-state index contributed by atoms with van der Waals surface area (Å²) in [5.41, 5.74) is 0.595. The molecule has 1 aliphatic rings. The molecule has 2 amide bonds. The normalized spacial score (nSPS) is 15.1. The van der Waals surface area contributed by atoms with E-state index >= 15 is 0 Å². The highest BCUT2D eigenvalue weighted by atomic mass is 32.1. The first-order valence-electron chi connectivity index (χ1n) is 8.86. The summed E-state index contributed by atoms with van der Waals surface area (Å²) in [6.07, 6.45) is 1.75. The van der Waals surface area contributed by atoms with E-state index in [0.717, 1.165) is 29.9 Å². The van der Waals surface area contributed by atoms with Crippen LogP contribution in [-0.4, -0.2) is 45.0 Å². The van der Waals surface area contributed by atoms with Crippen LogP contribution in [0.25, 0.3) is 0 Å². The van der Waals surface area contributed by atoms with Crippen LogP contribution in [0.15, 0.2) is 29.6 Å². The maximum Gasteiger partial charge on any atom is 0.276 e. The number of nitrogens with one attached hydrogen (secondary N) is 1. The van der Waals surface area contributed by atoms with E-state index in [1.807, 2.05) is 32.9 Å². The molecule has 1 saturated carbocycles. The molecule has 8 heteroatoms. The number of carbonyl (C=O) groups is 2. The maximum atomic E-state index is 13.2. The highest BCUT2D eigenvalue weighted by molar-refractivity contribution is 7.03. The Balaban J connectivity index is 2.00. The van der Waals surface area contributed by atoms with Crippen molar-refractivity contribution in [1.82, 2.24) is 19.8 Å². The van der Waals surface area contributed by atoms with Crippen molar-refractivity contribution >= 4 is 23.3 Å². The second-order valence-corrected chi connectivity index (χ2v) is 8.26. The minimum absolute atomic E-state index is 0.0250. The zero-order valence-electron chi connectivity index (χ0n) is 15.9. The number of ether oxygens (including phenoxy) is 1. The number of carbonyl (C=O) groups excluding carboxylic acids is 2. The van der Waals surface area contributed by atoms with Gasteiger partial charge in [-0.15, -0.1) is 5.10 Å². The summed E-state index contributed by atoms with van der Waals surface area (Å²) in [5, 5.41) is 8.54. The van der Waals surface area contributed by atoms with Crippen molar-refractivity contribution in [2.24, 2.45) is 0 Å². The number of aromatic nitrogens is 2. The molecule has 144 valence electrons. The molecular weight excluding hydrogens is 364 g/mol. The molecule has 3 rings (SSSR count). The van der Waals surface area contributed by atoms with Crippen LogP contribution in [0.5, 0.6) is 5.75 Å². The van der Waals surface area contributed by atoms with Crippen molar-refractivity contribution in [3.8, 4) is 5.75 Å². The second-order valence-electron chi connectivity index (χ2n) is 7.65. The Bertz CT molecular complexity index is 795. The van der Waals surface area contributed by atoms with Gasteiger partial charge in [0, 0.05) is 17.0 Å². The first kappa shape index (κ1) is 19.3. The van der Waals surface area contributed by atoms with Crippen LogP contribution in [0.1, 0.15) is 55.7 Å². The van der Waals surface area contributed by atoms with E-state index in [-0.39, 0.29) is 23.6 Å². The van der Waals surface area contributed by atoms with Crippen molar-refractivity contribution in [3.63, 3.8) is 0 Å². The van der Waals surface area contributed by atoms with Gasteiger partial charge in [0.15, 0.2) is 5.69 Å². The fourth-order valence-electron chi connectivity index (χ4n) is 2.90. The molecule has 1 heterocycles. The van der Waals surface area contributed by atoms with Gasteiger partial charge in [-0.05, 0) is 62.8 Å². The monoisotopic (exact) mass is 388 g/mol. The number of nitrogens with zero attached hydrogens (tertiary/aromatic N) is 3. The van der Waals surface area contributed by atoms with E-state index in [4.69, 9.17) is 4.74 Å². The van der Waals surface area contributed by atoms with Gasteiger partial charge in [-0.3, -0.25) is 9.59 Å². The van der Waals surface area contributed by atoms with E-state index < -0.39 is 11.6 Å². The Morgan fingerprint density at radius 3 is 2.41 bits per heavy atom. The molecule has 1 aromatic heterocycles. The van der Waals surface area contributed by atoms with E-state index in [1.54, 1.807) is 29.5 Å². The molecule has 0 bridgehead atoms. The molecule has 27 heavy (non-hydrogen) atoms. The Morgan fingerprint density at radius 1 is 1.26 bits per heavy atom. The van der Waals surface area contributed by atoms with Crippen LogP contribution in [0, 0.1) is 0 Å². The van der Waals surface area contributed by atoms with Crippen LogP contribution in [0.3, 0.4) is 0 Å². The second kappa shape index (κ2) is 7.64. The third kappa shape index (κ3) is 4.63. The van der Waals surface area contributed by atoms with Gasteiger partial charge in [0.2, 0.25) is 5.91 Å². The minimum Gasteiger partial charge on any atom is -0.497 e. The lowest BCUT2D eigenvalue weighted by Gasteiger charge is -2.33. The van der Waals surface area contributed by atoms with E-state index in [0.29, 0.717) is 5.75 Å². The van der Waals surface area contributed by atoms with Crippen molar-refractivity contribution < 1.29 is 14.3 Å². The van der Waals surface area contributed by atoms with Gasteiger partial charge >= 0.3 is 0 Å². The summed E-state index contributed by atoms with van der Waals surface area (Å²) in [4.78, 5) is 28.0. The smallest absolute Gasteiger partial charge is 0.276 e. The predicted molar refractivity (Wildman–Crippen MR) is 103 cm³/mol. The molecule has 1 fully saturated rings. The first-order valence-corrected chi connectivity index (χ1v) is 9.69. The largest absolute Gasteiger partial charge is 0.497 e. The minimum atomic E-state index is -0.739. The van der Waals surface area contributed by atoms with Gasteiger partial charge in [-0.2, -0.15) is 0 Å². The maximum absolute atomic E-state index is 13.2. The summed E-state index contributed by atoms with van der Waals surface area (Å²) >= 11 is 1.12. The molecule has 0 saturated heterocycles. The highest BCUT2D eigenvalue weighted by Gasteiger charge is 2.43. The standard InChI is InChI=1S/C19H24N4O3S/c1-19(2,3)20-17(24)16(12-5-9-14(26-4)10-6-12)23(13-7-8-13)18(25)15-11-27-22-21-15/h5-6,9-11,13,16H,7-8H2,1-4H3,(H,20,24). The summed E-state index contributed by atoms with van der Waals surface area (Å²) in [7, 11) is 1.59. The van der Waals surface area contributed by atoms with Crippen molar-refractivity contribution in [2.45, 2.75) is 51.2 Å². The number of methoxy groups -OCH3 is 1. The van der Waals surface area contributed by atoms with E-state index in [1.165, 1.54) is 0 Å². The van der Waals surface area contributed by atoms with Crippen LogP contribution in [0.2, 0.25) is 0 Å². The zero-order valence-corrected chi connectivity index (χ0v) is 16.7. The molecule has 0 spiro atoms. The van der Waals surface area contributed by atoms with Gasteiger partial charge < -0.3 is 15.0 Å². The molecule has 1 unspecified atom stereocenters. The number of rotatable bonds is 6. The lowest BCUT2D eigenvalue weighted by molar-refractivity contribution is -0.127. The van der Waals surface area contributed by atoms with E-state index in [9.17, 15) is 9.59 Å². The van der Waals surface area contributed by atoms with Crippen molar-refractivity contribution in [1.29, 1.82) is 0 Å². The van der Waals surface area contributed by atoms with Gasteiger partial charge in [0.05, 0.1) is 7.11 Å². The third-order valence-electron chi connectivity index (χ3n) is 4.21. The number of benzene rings is 1. The van der Waals surface area contributed by atoms with Crippen LogP contribution < -0.4 is 10.1 Å². The Kier molecular flexibility index (Phi) is 5.46. The topological polar surface area (TPSA) is 84.4 Å². The molecule has 1 atom stereocenters. The lowest BCUT2D eigenvalue weighted by Crippen LogP contribution is -2.50. The fourth-order valence-corrected chi connectivity index (χ4v) is 3.33. The summed E-state index contributed by atoms with van der Waals surface area (Å²) < 4.78 is 9.01. The quantitative estimate of drug-likeness (QED) is 0.823. The number of hydrogen-bond donors (Lipinski definition) is 1. The summed E-state index contributed by atoms with van der Waals surface area (Å²) in [5.74, 6) is 0.217. The first-order chi connectivity index (χ1) is 12.8. The Labute approximate surface area is 162 Å². The zero-order chi connectivity index (χ0) is 19.6. The molecule has 2 aromatic rings. The fraction of sp³-hybridized carbons (Fsp3) is 0.474. The SMILES string of the molecule is COc1ccc(C(C(=O)NC(C)(C)C)N(C(=O)c2csnn2)C2CC2)cc1. The van der Waals surface area contributed by atoms with Crippen LogP contribution in [0.4, 0.5) is 0 Å². The predicted octanol–water partition coefficient (Wildman–Crippen LogP) is 2.81. The average Bonchev–Trinajstić information content (AvgIpc) is 3.29. The molecule has 0 aliphatic heterocycles. The van der Waals surface area contributed by atoms with Crippen molar-refractivity contribution in [3.05, 3.63) is 40.9 Å². The summed E-state index contributed by atoms with van der Waals surface area (Å²) in [6, 6.07) is 6.54. The van der Waals surface area contributed by atoms with Gasteiger partial charge in [0.25, 0.3) is 5.91 Å². The van der Waals surface area contributed by atoms with Gasteiger partial charge in [0.1, 0.15) is 11.8 Å². The molecular formula is C19H24N4O3S. The van der Waals surface area contributed by atoms with Gasteiger partial charge in [-0.25, -0.2) is 0 Å². The molecule has 7 nitrogen and oxygen atoms in total. The average molecular weight is 388 g/mol. The molecule has 1 aliphatic carbocycles. The van der Waals surface area contributed by atoms with Gasteiger partial charge in [-0.1, -0.05) is 16.6 Å². The Morgan fingerprint density at radius 2 is 1.93 bits per heavy atom. The van der Waals surface area contributed by atoms with Crippen LogP contribution >= 0.6 is 11.5 Å². The lowest BCUT2D eigenvalue weighted by atomic mass is 10.0. The molecule has 1 N–H and O–H groups in total. The molecule has 0 radical (unpaired) electrons. The van der Waals surface area contributed by atoms with E-state index in [2.05, 4.69) is 14.9 Å².